The molecule has 0 spiro atoms. The Balaban J connectivity index is 2.74. The maximum Gasteiger partial charge on any atom is 0.417 e. The fraction of sp³-hybridized carbons (Fsp3) is 0.583. The van der Waals surface area contributed by atoms with E-state index >= 15 is 0 Å². The number of ether oxygens (including phenoxy) is 1. The second-order valence-corrected chi connectivity index (χ2v) is 5.85. The van der Waals surface area contributed by atoms with E-state index in [1.54, 1.807) is 32.9 Å². The summed E-state index contributed by atoms with van der Waals surface area (Å²) in [5.41, 5.74) is -0.488. The van der Waals surface area contributed by atoms with Crippen molar-refractivity contribution < 1.29 is 23.1 Å². The Kier molecular flexibility index (Phi) is 6.28. The van der Waals surface area contributed by atoms with E-state index in [2.05, 4.69) is 0 Å². The van der Waals surface area contributed by atoms with E-state index in [0.29, 0.717) is 19.8 Å². The molecule has 0 aliphatic carbocycles. The standard InChI is InChI=1S/C12H20NO5P/c1-4-16-12(14)13-9-7-11(8-10-13)19(15,17-5-2)18-6-3/h7-11H,4-6H2,1-3H3. The molecular weight excluding hydrogens is 269 g/mol. The first-order chi connectivity index (χ1) is 9.07. The molecule has 1 amide bonds. The molecule has 19 heavy (non-hydrogen) atoms. The lowest BCUT2D eigenvalue weighted by Crippen LogP contribution is -2.25. The Labute approximate surface area is 113 Å². The molecule has 0 aromatic heterocycles. The summed E-state index contributed by atoms with van der Waals surface area (Å²) >= 11 is 0. The van der Waals surface area contributed by atoms with Crippen LogP contribution in [-0.2, 0) is 18.3 Å². The van der Waals surface area contributed by atoms with Gasteiger partial charge in [-0.05, 0) is 32.9 Å². The van der Waals surface area contributed by atoms with Crippen LogP contribution in [0.5, 0.6) is 0 Å². The Hall–Kier alpha value is -1.10. The molecule has 0 unspecified atom stereocenters. The lowest BCUT2D eigenvalue weighted by molar-refractivity contribution is 0.133. The third kappa shape index (κ3) is 4.20. The van der Waals surface area contributed by atoms with Crippen LogP contribution < -0.4 is 0 Å². The van der Waals surface area contributed by atoms with E-state index in [4.69, 9.17) is 13.8 Å². The normalized spacial score (nSPS) is 15.8. The molecule has 0 atom stereocenters. The zero-order chi connectivity index (χ0) is 14.3. The molecule has 6 nitrogen and oxygen atoms in total. The fourth-order valence-corrected chi connectivity index (χ4v) is 3.29. The number of allylic oxidation sites excluding steroid dienone is 2. The summed E-state index contributed by atoms with van der Waals surface area (Å²) in [5, 5.41) is 0. The first kappa shape index (κ1) is 16.0. The second-order valence-electron chi connectivity index (χ2n) is 3.66. The molecule has 7 heteroatoms. The van der Waals surface area contributed by atoms with E-state index in [9.17, 15) is 9.36 Å². The quantitative estimate of drug-likeness (QED) is 0.703. The van der Waals surface area contributed by atoms with E-state index in [-0.39, 0.29) is 0 Å². The molecular formula is C12H20NO5P. The Morgan fingerprint density at radius 1 is 1.11 bits per heavy atom. The first-order valence-corrected chi connectivity index (χ1v) is 7.89. The highest BCUT2D eigenvalue weighted by molar-refractivity contribution is 7.55. The highest BCUT2D eigenvalue weighted by atomic mass is 31.2. The van der Waals surface area contributed by atoms with Crippen molar-refractivity contribution in [3.63, 3.8) is 0 Å². The number of amides is 1. The van der Waals surface area contributed by atoms with Gasteiger partial charge in [0.2, 0.25) is 0 Å². The Bertz CT molecular complexity index is 383. The molecule has 0 saturated carbocycles. The topological polar surface area (TPSA) is 65.1 Å². The summed E-state index contributed by atoms with van der Waals surface area (Å²) in [7, 11) is -3.22. The molecule has 0 aromatic carbocycles. The van der Waals surface area contributed by atoms with Crippen LogP contribution >= 0.6 is 7.60 Å². The molecule has 0 radical (unpaired) electrons. The average molecular weight is 289 g/mol. The maximum atomic E-state index is 12.5. The van der Waals surface area contributed by atoms with Crippen molar-refractivity contribution >= 4 is 13.7 Å². The second kappa shape index (κ2) is 7.48. The molecule has 1 aliphatic heterocycles. The highest BCUT2D eigenvalue weighted by Gasteiger charge is 2.33. The number of carbonyl (C=O) groups excluding carboxylic acids is 1. The molecule has 0 aromatic rings. The zero-order valence-corrected chi connectivity index (χ0v) is 12.3. The Morgan fingerprint density at radius 2 is 1.63 bits per heavy atom. The van der Waals surface area contributed by atoms with Crippen LogP contribution in [-0.4, -0.2) is 36.5 Å². The number of rotatable bonds is 6. The van der Waals surface area contributed by atoms with Crippen molar-refractivity contribution in [1.82, 2.24) is 4.90 Å². The van der Waals surface area contributed by atoms with Gasteiger partial charge in [-0.15, -0.1) is 0 Å². The van der Waals surface area contributed by atoms with Gasteiger partial charge in [0, 0.05) is 12.4 Å². The van der Waals surface area contributed by atoms with Gasteiger partial charge in [0.1, 0.15) is 5.66 Å². The minimum atomic E-state index is -3.22. The zero-order valence-electron chi connectivity index (χ0n) is 11.4. The molecule has 1 aliphatic rings. The van der Waals surface area contributed by atoms with Crippen LogP contribution in [0.4, 0.5) is 4.79 Å². The van der Waals surface area contributed by atoms with Crippen LogP contribution in [0.25, 0.3) is 0 Å². The third-order valence-corrected chi connectivity index (χ3v) is 4.66. The van der Waals surface area contributed by atoms with E-state index < -0.39 is 19.3 Å². The molecule has 1 rings (SSSR count). The molecule has 0 saturated heterocycles. The van der Waals surface area contributed by atoms with Gasteiger partial charge in [-0.1, -0.05) is 0 Å². The fourth-order valence-electron chi connectivity index (χ4n) is 1.58. The lowest BCUT2D eigenvalue weighted by atomic mass is 10.3. The summed E-state index contributed by atoms with van der Waals surface area (Å²) in [5.74, 6) is 0. The van der Waals surface area contributed by atoms with E-state index in [0.717, 1.165) is 0 Å². The molecule has 108 valence electrons. The minimum absolute atomic E-state index is 0.302. The van der Waals surface area contributed by atoms with Gasteiger partial charge in [0.05, 0.1) is 19.8 Å². The predicted molar refractivity (Wildman–Crippen MR) is 71.8 cm³/mol. The van der Waals surface area contributed by atoms with Gasteiger partial charge in [-0.3, -0.25) is 9.46 Å². The minimum Gasteiger partial charge on any atom is -0.449 e. The smallest absolute Gasteiger partial charge is 0.417 e. The van der Waals surface area contributed by atoms with Crippen LogP contribution in [0.1, 0.15) is 20.8 Å². The van der Waals surface area contributed by atoms with Crippen molar-refractivity contribution in [3.8, 4) is 0 Å². The van der Waals surface area contributed by atoms with Crippen molar-refractivity contribution in [2.45, 2.75) is 26.4 Å². The van der Waals surface area contributed by atoms with Crippen LogP contribution in [0, 0.1) is 0 Å². The first-order valence-electron chi connectivity index (χ1n) is 6.27. The SMILES string of the molecule is CCOC(=O)N1C=CC(P(=O)(OCC)OCC)C=C1. The van der Waals surface area contributed by atoms with Crippen molar-refractivity contribution in [2.75, 3.05) is 19.8 Å². The largest absolute Gasteiger partial charge is 0.449 e. The number of hydrogen-bond donors (Lipinski definition) is 0. The average Bonchev–Trinajstić information content (AvgIpc) is 2.40. The monoisotopic (exact) mass is 289 g/mol. The van der Waals surface area contributed by atoms with Crippen molar-refractivity contribution in [1.29, 1.82) is 0 Å². The molecule has 0 N–H and O–H groups in total. The number of hydrogen-bond acceptors (Lipinski definition) is 5. The molecule has 1 heterocycles. The molecule has 0 fully saturated rings. The summed E-state index contributed by atoms with van der Waals surface area (Å²) in [6.07, 6.45) is 5.77. The van der Waals surface area contributed by atoms with Crippen LogP contribution in [0.2, 0.25) is 0 Å². The van der Waals surface area contributed by atoms with Crippen molar-refractivity contribution in [2.24, 2.45) is 0 Å². The van der Waals surface area contributed by atoms with Gasteiger partial charge >= 0.3 is 13.7 Å². The van der Waals surface area contributed by atoms with Gasteiger partial charge in [0.25, 0.3) is 0 Å². The van der Waals surface area contributed by atoms with Crippen LogP contribution in [0.15, 0.2) is 24.6 Å². The lowest BCUT2D eigenvalue weighted by Gasteiger charge is -2.25. The van der Waals surface area contributed by atoms with Gasteiger partial charge in [-0.2, -0.15) is 0 Å². The van der Waals surface area contributed by atoms with Crippen molar-refractivity contribution in [3.05, 3.63) is 24.6 Å². The summed E-state index contributed by atoms with van der Waals surface area (Å²) in [6.45, 7) is 6.15. The maximum absolute atomic E-state index is 12.5. The number of nitrogens with zero attached hydrogens (tertiary/aromatic N) is 1. The predicted octanol–water partition coefficient (Wildman–Crippen LogP) is 3.12. The van der Waals surface area contributed by atoms with Crippen LogP contribution in [0.3, 0.4) is 0 Å². The summed E-state index contributed by atoms with van der Waals surface area (Å²) < 4.78 is 27.8. The third-order valence-electron chi connectivity index (χ3n) is 2.35. The Morgan fingerprint density at radius 3 is 2.05 bits per heavy atom. The molecule has 0 bridgehead atoms. The van der Waals surface area contributed by atoms with Gasteiger partial charge < -0.3 is 13.8 Å². The summed E-state index contributed by atoms with van der Waals surface area (Å²) in [4.78, 5) is 12.8. The summed E-state index contributed by atoms with van der Waals surface area (Å²) in [6, 6.07) is 0. The van der Waals surface area contributed by atoms with E-state index in [1.165, 1.54) is 17.3 Å². The highest BCUT2D eigenvalue weighted by Crippen LogP contribution is 2.54. The number of carbonyl (C=O) groups is 1. The van der Waals surface area contributed by atoms with Gasteiger partial charge in [0.15, 0.2) is 0 Å². The van der Waals surface area contributed by atoms with Gasteiger partial charge in [-0.25, -0.2) is 4.79 Å². The van der Waals surface area contributed by atoms with E-state index in [1.807, 2.05) is 0 Å².